The van der Waals surface area contributed by atoms with Crippen molar-refractivity contribution < 1.29 is 33.5 Å². The van der Waals surface area contributed by atoms with E-state index in [0.29, 0.717) is 5.56 Å². The van der Waals surface area contributed by atoms with Gasteiger partial charge in [-0.3, -0.25) is 33.6 Å². The summed E-state index contributed by atoms with van der Waals surface area (Å²) in [6.45, 7) is 2.71. The fraction of sp³-hybridized carbons (Fsp3) is 0.133. The van der Waals surface area contributed by atoms with Crippen molar-refractivity contribution in [3.05, 3.63) is 105 Å². The molecule has 1 aromatic heterocycles. The first-order valence-corrected chi connectivity index (χ1v) is 12.5. The summed E-state index contributed by atoms with van der Waals surface area (Å²) in [6, 6.07) is 14.7. The summed E-state index contributed by atoms with van der Waals surface area (Å²) in [5.74, 6) is -6.82. The van der Waals surface area contributed by atoms with Crippen molar-refractivity contribution in [3.8, 4) is 0 Å². The summed E-state index contributed by atoms with van der Waals surface area (Å²) in [5.41, 5.74) is -0.708. The monoisotopic (exact) mass is 551 g/mol. The third-order valence-corrected chi connectivity index (χ3v) is 6.61. The SMILES string of the molecule is CCOC(=O)C(C(=O)C(=O)Nc1ccc(C(C)=O)cc1)c1nc2ccc3c(c2[nH]c1=O)C(=O)c1ccccc1C3=O. The average molecular weight is 552 g/mol. The van der Waals surface area contributed by atoms with Crippen molar-refractivity contribution >= 4 is 51.7 Å². The van der Waals surface area contributed by atoms with Crippen molar-refractivity contribution in [1.29, 1.82) is 0 Å². The number of carbonyl (C=O) groups excluding carboxylic acids is 6. The molecule has 11 heteroatoms. The number of benzene rings is 3. The highest BCUT2D eigenvalue weighted by atomic mass is 16.5. The Kier molecular flexibility index (Phi) is 6.94. The highest BCUT2D eigenvalue weighted by Crippen LogP contribution is 2.31. The molecule has 0 fully saturated rings. The summed E-state index contributed by atoms with van der Waals surface area (Å²) in [5, 5.41) is 2.34. The van der Waals surface area contributed by atoms with Crippen LogP contribution < -0.4 is 10.9 Å². The quantitative estimate of drug-likeness (QED) is 0.134. The molecule has 1 heterocycles. The molecule has 5 rings (SSSR count). The minimum absolute atomic E-state index is 0.0150. The molecule has 1 unspecified atom stereocenters. The van der Waals surface area contributed by atoms with Crippen molar-refractivity contribution in [2.45, 2.75) is 19.8 Å². The summed E-state index contributed by atoms with van der Waals surface area (Å²) in [7, 11) is 0. The van der Waals surface area contributed by atoms with E-state index in [4.69, 9.17) is 4.74 Å². The largest absolute Gasteiger partial charge is 0.465 e. The van der Waals surface area contributed by atoms with Crippen molar-refractivity contribution in [1.82, 2.24) is 9.97 Å². The van der Waals surface area contributed by atoms with E-state index in [1.807, 2.05) is 0 Å². The Morgan fingerprint density at radius 2 is 1.54 bits per heavy atom. The molecule has 1 amide bonds. The molecular weight excluding hydrogens is 530 g/mol. The number of esters is 1. The lowest BCUT2D eigenvalue weighted by molar-refractivity contribution is -0.150. The van der Waals surface area contributed by atoms with Gasteiger partial charge < -0.3 is 15.0 Å². The highest BCUT2D eigenvalue weighted by Gasteiger charge is 2.39. The van der Waals surface area contributed by atoms with E-state index in [0.717, 1.165) is 0 Å². The van der Waals surface area contributed by atoms with Crippen LogP contribution in [0.4, 0.5) is 5.69 Å². The van der Waals surface area contributed by atoms with Crippen LogP contribution in [0, 0.1) is 0 Å². The lowest BCUT2D eigenvalue weighted by atomic mass is 9.83. The van der Waals surface area contributed by atoms with Gasteiger partial charge in [-0.2, -0.15) is 0 Å². The molecule has 1 aliphatic carbocycles. The molecule has 1 atom stereocenters. The smallest absolute Gasteiger partial charge is 0.323 e. The Morgan fingerprint density at radius 3 is 2.17 bits per heavy atom. The molecule has 0 saturated carbocycles. The molecule has 0 bridgehead atoms. The van der Waals surface area contributed by atoms with Crippen LogP contribution in [0.1, 0.15) is 67.7 Å². The number of aromatic amines is 1. The van der Waals surface area contributed by atoms with Gasteiger partial charge in [0.25, 0.3) is 11.5 Å². The number of Topliss-reactive ketones (excluding diaryl/α,β-unsaturated/α-hetero) is 2. The summed E-state index contributed by atoms with van der Waals surface area (Å²) in [4.78, 5) is 96.8. The Balaban J connectivity index is 1.56. The van der Waals surface area contributed by atoms with Crippen molar-refractivity contribution in [3.63, 3.8) is 0 Å². The number of H-pyrrole nitrogens is 1. The molecular formula is C30H21N3O8. The second-order valence-electron chi connectivity index (χ2n) is 9.17. The van der Waals surface area contributed by atoms with Crippen molar-refractivity contribution in [2.24, 2.45) is 0 Å². The van der Waals surface area contributed by atoms with Crippen LogP contribution >= 0.6 is 0 Å². The van der Waals surface area contributed by atoms with Gasteiger partial charge in [-0.1, -0.05) is 24.3 Å². The van der Waals surface area contributed by atoms with E-state index in [9.17, 15) is 33.6 Å². The minimum Gasteiger partial charge on any atom is -0.465 e. The van der Waals surface area contributed by atoms with Crippen LogP contribution in [0.15, 0.2) is 65.5 Å². The van der Waals surface area contributed by atoms with Crippen LogP contribution in [0.25, 0.3) is 11.0 Å². The lowest BCUT2D eigenvalue weighted by Gasteiger charge is -2.19. The topological polar surface area (TPSA) is 169 Å². The molecule has 4 aromatic rings. The zero-order valence-corrected chi connectivity index (χ0v) is 21.8. The third kappa shape index (κ3) is 4.73. The van der Waals surface area contributed by atoms with Crippen LogP contribution in [0.3, 0.4) is 0 Å². The molecule has 0 radical (unpaired) electrons. The van der Waals surface area contributed by atoms with Gasteiger partial charge in [0.15, 0.2) is 23.3 Å². The third-order valence-electron chi connectivity index (χ3n) is 6.61. The van der Waals surface area contributed by atoms with Gasteiger partial charge in [0, 0.05) is 27.9 Å². The first kappa shape index (κ1) is 27.0. The number of ether oxygens (including phenoxy) is 1. The second-order valence-corrected chi connectivity index (χ2v) is 9.17. The number of amides is 1. The number of carbonyl (C=O) groups is 6. The normalized spacial score (nSPS) is 12.7. The molecule has 0 aliphatic heterocycles. The second kappa shape index (κ2) is 10.5. The van der Waals surface area contributed by atoms with E-state index in [1.165, 1.54) is 62.4 Å². The van der Waals surface area contributed by atoms with Gasteiger partial charge in [0.1, 0.15) is 5.69 Å². The summed E-state index contributed by atoms with van der Waals surface area (Å²) in [6.07, 6.45) is 0. The number of hydrogen-bond acceptors (Lipinski definition) is 9. The number of ketones is 4. The average Bonchev–Trinajstić information content (AvgIpc) is 2.96. The standard InChI is InChI=1S/C30H21N3O8/c1-3-41-30(40)22(27(37)29(39)31-16-10-8-15(9-11-16)14(2)34)24-28(38)33-23-20(32-24)13-12-19-21(23)26(36)18-7-5-4-6-17(18)25(19)35/h4-13,22H,3H2,1-2H3,(H,31,39)(H,33,38). The van der Waals surface area contributed by atoms with Crippen LogP contribution in [-0.2, 0) is 19.1 Å². The molecule has 0 saturated heterocycles. The Labute approximate surface area is 231 Å². The zero-order valence-electron chi connectivity index (χ0n) is 21.8. The lowest BCUT2D eigenvalue weighted by Crippen LogP contribution is -2.37. The Bertz CT molecular complexity index is 1870. The number of nitrogens with zero attached hydrogens (tertiary/aromatic N) is 1. The van der Waals surface area contributed by atoms with Gasteiger partial charge in [-0.05, 0) is 50.2 Å². The van der Waals surface area contributed by atoms with E-state index in [1.54, 1.807) is 12.1 Å². The van der Waals surface area contributed by atoms with Gasteiger partial charge in [-0.15, -0.1) is 0 Å². The number of nitrogens with one attached hydrogen (secondary N) is 2. The fourth-order valence-electron chi connectivity index (χ4n) is 4.63. The van der Waals surface area contributed by atoms with Gasteiger partial charge in [0.2, 0.25) is 5.78 Å². The van der Waals surface area contributed by atoms with Crippen LogP contribution in [0.2, 0.25) is 0 Å². The maximum Gasteiger partial charge on any atom is 0.323 e. The maximum atomic E-state index is 13.3. The predicted octanol–water partition coefficient (Wildman–Crippen LogP) is 2.76. The molecule has 3 aromatic carbocycles. The molecule has 11 nitrogen and oxygen atoms in total. The maximum absolute atomic E-state index is 13.3. The van der Waals surface area contributed by atoms with E-state index in [-0.39, 0.29) is 51.4 Å². The fourth-order valence-corrected chi connectivity index (χ4v) is 4.63. The first-order chi connectivity index (χ1) is 19.6. The molecule has 1 aliphatic rings. The highest BCUT2D eigenvalue weighted by molar-refractivity contribution is 6.45. The zero-order chi connectivity index (χ0) is 29.4. The number of anilines is 1. The van der Waals surface area contributed by atoms with E-state index >= 15 is 0 Å². The molecule has 2 N–H and O–H groups in total. The molecule has 204 valence electrons. The summed E-state index contributed by atoms with van der Waals surface area (Å²) < 4.78 is 4.98. The first-order valence-electron chi connectivity index (χ1n) is 12.5. The Morgan fingerprint density at radius 1 is 0.878 bits per heavy atom. The molecule has 0 spiro atoms. The van der Waals surface area contributed by atoms with Crippen LogP contribution in [0.5, 0.6) is 0 Å². The molecule has 41 heavy (non-hydrogen) atoms. The number of fused-ring (bicyclic) bond motifs is 4. The minimum atomic E-state index is -2.02. The van der Waals surface area contributed by atoms with Gasteiger partial charge in [0.05, 0.1) is 23.2 Å². The number of hydrogen-bond donors (Lipinski definition) is 2. The Hall–Kier alpha value is -5.58. The number of aromatic nitrogens is 2. The predicted molar refractivity (Wildman–Crippen MR) is 145 cm³/mol. The van der Waals surface area contributed by atoms with Gasteiger partial charge >= 0.3 is 5.97 Å². The van der Waals surface area contributed by atoms with E-state index < -0.39 is 46.4 Å². The van der Waals surface area contributed by atoms with E-state index in [2.05, 4.69) is 15.3 Å². The summed E-state index contributed by atoms with van der Waals surface area (Å²) >= 11 is 0. The van der Waals surface area contributed by atoms with Crippen molar-refractivity contribution in [2.75, 3.05) is 11.9 Å². The number of rotatable bonds is 7. The van der Waals surface area contributed by atoms with Crippen LogP contribution in [-0.4, -0.2) is 51.6 Å². The van der Waals surface area contributed by atoms with Gasteiger partial charge in [-0.25, -0.2) is 4.98 Å².